The van der Waals surface area contributed by atoms with Gasteiger partial charge in [0, 0.05) is 58.2 Å². The van der Waals surface area contributed by atoms with E-state index in [4.69, 9.17) is 0 Å². The van der Waals surface area contributed by atoms with Gasteiger partial charge in [-0.25, -0.2) is 14.4 Å². The van der Waals surface area contributed by atoms with Crippen molar-refractivity contribution in [2.75, 3.05) is 50.1 Å². The molecule has 0 saturated carbocycles. The van der Waals surface area contributed by atoms with Gasteiger partial charge in [-0.1, -0.05) is 6.07 Å². The van der Waals surface area contributed by atoms with Gasteiger partial charge >= 0.3 is 6.18 Å². The first kappa shape index (κ1) is 23.0. The van der Waals surface area contributed by atoms with Crippen LogP contribution in [0.25, 0.3) is 5.69 Å². The summed E-state index contributed by atoms with van der Waals surface area (Å²) in [5.41, 5.74) is 0.136. The Kier molecular flexibility index (Phi) is 5.56. The van der Waals surface area contributed by atoms with Gasteiger partial charge in [0.05, 0.1) is 12.4 Å². The largest absolute Gasteiger partial charge is 0.451 e. The predicted molar refractivity (Wildman–Crippen MR) is 118 cm³/mol. The number of aromatic nitrogens is 5. The van der Waals surface area contributed by atoms with Gasteiger partial charge in [-0.15, -0.1) is 0 Å². The third kappa shape index (κ3) is 4.26. The van der Waals surface area contributed by atoms with Crippen LogP contribution in [-0.2, 0) is 6.18 Å². The average Bonchev–Trinajstić information content (AvgIpc) is 3.54. The zero-order chi connectivity index (χ0) is 24.9. The van der Waals surface area contributed by atoms with Crippen molar-refractivity contribution < 1.29 is 22.4 Å². The lowest BCUT2D eigenvalue weighted by molar-refractivity contribution is -0.144. The fraction of sp³-hybridized carbons (Fsp3) is 0.409. The fourth-order valence-electron chi connectivity index (χ4n) is 4.68. The molecule has 3 aromatic rings. The summed E-state index contributed by atoms with van der Waals surface area (Å²) < 4.78 is 54.8. The highest BCUT2D eigenvalue weighted by Gasteiger charge is 2.44. The van der Waals surface area contributed by atoms with Crippen LogP contribution in [0, 0.1) is 17.7 Å². The van der Waals surface area contributed by atoms with E-state index in [1.807, 2.05) is 0 Å². The van der Waals surface area contributed by atoms with Crippen molar-refractivity contribution in [1.82, 2.24) is 29.9 Å². The molecule has 0 radical (unpaired) electrons. The van der Waals surface area contributed by atoms with Crippen molar-refractivity contribution >= 4 is 17.5 Å². The molecule has 2 aromatic heterocycles. The lowest BCUT2D eigenvalue weighted by atomic mass is 10.0. The molecule has 2 aliphatic rings. The Labute approximate surface area is 198 Å². The van der Waals surface area contributed by atoms with Gasteiger partial charge in [-0.3, -0.25) is 4.79 Å². The second-order valence-electron chi connectivity index (χ2n) is 8.89. The highest BCUT2D eigenvalue weighted by atomic mass is 19.4. The van der Waals surface area contributed by atoms with E-state index < -0.39 is 23.7 Å². The van der Waals surface area contributed by atoms with Crippen LogP contribution in [-0.4, -0.2) is 76.0 Å². The number of halogens is 4. The monoisotopic (exact) mass is 490 g/mol. The Morgan fingerprint density at radius 1 is 1.03 bits per heavy atom. The highest BCUT2D eigenvalue weighted by molar-refractivity contribution is 5.98. The Bertz CT molecular complexity index is 1230. The van der Waals surface area contributed by atoms with Crippen LogP contribution in [0.1, 0.15) is 16.2 Å². The number of nitrogens with zero attached hydrogens (tertiary/aromatic N) is 8. The molecule has 2 fully saturated rings. The van der Waals surface area contributed by atoms with E-state index in [1.54, 1.807) is 30.0 Å². The lowest BCUT2D eigenvalue weighted by Crippen LogP contribution is -2.35. The molecule has 2 atom stereocenters. The Morgan fingerprint density at radius 3 is 2.29 bits per heavy atom. The van der Waals surface area contributed by atoms with Gasteiger partial charge in [-0.05, 0) is 12.1 Å². The number of hydrogen-bond donors (Lipinski definition) is 0. The number of carbonyl (C=O) groups excluding carboxylic acids is 1. The van der Waals surface area contributed by atoms with E-state index in [1.165, 1.54) is 40.3 Å². The Balaban J connectivity index is 1.35. The van der Waals surface area contributed by atoms with Crippen LogP contribution in [0.15, 0.2) is 36.7 Å². The minimum absolute atomic E-state index is 0.0177. The fourth-order valence-corrected chi connectivity index (χ4v) is 4.68. The van der Waals surface area contributed by atoms with Crippen LogP contribution >= 0.6 is 0 Å². The normalized spacial score (nSPS) is 19.8. The van der Waals surface area contributed by atoms with Gasteiger partial charge in [0.1, 0.15) is 28.7 Å². The molecule has 35 heavy (non-hydrogen) atoms. The summed E-state index contributed by atoms with van der Waals surface area (Å²) in [4.78, 5) is 26.8. The van der Waals surface area contributed by atoms with Crippen LogP contribution in [0.5, 0.6) is 0 Å². The molecule has 2 saturated heterocycles. The number of fused-ring (bicyclic) bond motifs is 1. The summed E-state index contributed by atoms with van der Waals surface area (Å²) >= 11 is 0. The summed E-state index contributed by atoms with van der Waals surface area (Å²) in [6.45, 7) is 1.58. The number of benzene rings is 1. The zero-order valence-electron chi connectivity index (χ0n) is 18.9. The minimum atomic E-state index is -4.67. The van der Waals surface area contributed by atoms with E-state index in [9.17, 15) is 22.4 Å². The molecule has 0 spiro atoms. The van der Waals surface area contributed by atoms with Crippen LogP contribution in [0.3, 0.4) is 0 Å². The standard InChI is InChI=1S/C22H22F4N8O/c1-31(2)17-8-18(30-21(29-17)22(24,25)26)32-9-13-11-33(12-14(13)10-32)20(35)19-15(23)4-3-5-16(19)34-27-6-7-28-34/h3-8,13-14H,9-12H2,1-2H3. The van der Waals surface area contributed by atoms with E-state index in [-0.39, 0.29) is 34.7 Å². The molecule has 9 nitrogen and oxygen atoms in total. The van der Waals surface area contributed by atoms with Crippen LogP contribution < -0.4 is 9.80 Å². The molecule has 0 aliphatic carbocycles. The van der Waals surface area contributed by atoms with Crippen molar-refractivity contribution in [2.45, 2.75) is 6.18 Å². The highest BCUT2D eigenvalue weighted by Crippen LogP contribution is 2.37. The van der Waals surface area contributed by atoms with Gasteiger partial charge < -0.3 is 14.7 Å². The lowest BCUT2D eigenvalue weighted by Gasteiger charge is -2.24. The Morgan fingerprint density at radius 2 is 1.69 bits per heavy atom. The number of rotatable bonds is 4. The summed E-state index contributed by atoms with van der Waals surface area (Å²) in [6, 6.07) is 5.81. The van der Waals surface area contributed by atoms with Gasteiger partial charge in [-0.2, -0.15) is 28.2 Å². The molecule has 2 unspecified atom stereocenters. The second kappa shape index (κ2) is 8.47. The van der Waals surface area contributed by atoms with E-state index in [0.29, 0.717) is 26.2 Å². The third-order valence-corrected chi connectivity index (χ3v) is 6.35. The molecule has 5 rings (SSSR count). The van der Waals surface area contributed by atoms with E-state index >= 15 is 0 Å². The molecule has 1 aromatic carbocycles. The molecule has 0 bridgehead atoms. The van der Waals surface area contributed by atoms with Crippen molar-refractivity contribution in [3.63, 3.8) is 0 Å². The van der Waals surface area contributed by atoms with E-state index in [0.717, 1.165) is 0 Å². The van der Waals surface area contributed by atoms with Crippen molar-refractivity contribution in [3.8, 4) is 5.69 Å². The summed E-state index contributed by atoms with van der Waals surface area (Å²) in [5, 5.41) is 8.02. The molecule has 184 valence electrons. The smallest absolute Gasteiger partial charge is 0.363 e. The molecular weight excluding hydrogens is 468 g/mol. The maximum Gasteiger partial charge on any atom is 0.451 e. The number of likely N-dealkylation sites (tertiary alicyclic amines) is 1. The number of carbonyl (C=O) groups is 1. The second-order valence-corrected chi connectivity index (χ2v) is 8.89. The maximum absolute atomic E-state index is 14.7. The first-order valence-electron chi connectivity index (χ1n) is 10.9. The number of amides is 1. The van der Waals surface area contributed by atoms with Crippen molar-refractivity contribution in [2.24, 2.45) is 11.8 Å². The Hall–Kier alpha value is -3.77. The van der Waals surface area contributed by atoms with Gasteiger partial charge in [0.15, 0.2) is 0 Å². The van der Waals surface area contributed by atoms with Crippen molar-refractivity contribution in [1.29, 1.82) is 0 Å². The average molecular weight is 490 g/mol. The van der Waals surface area contributed by atoms with Gasteiger partial charge in [0.2, 0.25) is 5.82 Å². The minimum Gasteiger partial charge on any atom is -0.363 e. The molecular formula is C22H22F4N8O. The number of alkyl halides is 3. The van der Waals surface area contributed by atoms with Crippen LogP contribution in [0.4, 0.5) is 29.2 Å². The number of hydrogen-bond acceptors (Lipinski definition) is 7. The first-order valence-corrected chi connectivity index (χ1v) is 10.9. The zero-order valence-corrected chi connectivity index (χ0v) is 18.9. The number of anilines is 2. The van der Waals surface area contributed by atoms with Crippen molar-refractivity contribution in [3.05, 3.63) is 53.9 Å². The molecule has 4 heterocycles. The summed E-state index contributed by atoms with van der Waals surface area (Å²) in [7, 11) is 3.23. The van der Waals surface area contributed by atoms with E-state index in [2.05, 4.69) is 20.2 Å². The summed E-state index contributed by atoms with van der Waals surface area (Å²) in [6.07, 6.45) is -1.79. The third-order valence-electron chi connectivity index (χ3n) is 6.35. The first-order chi connectivity index (χ1) is 16.6. The van der Waals surface area contributed by atoms with Gasteiger partial charge in [0.25, 0.3) is 5.91 Å². The molecule has 1 amide bonds. The molecule has 13 heteroatoms. The predicted octanol–water partition coefficient (Wildman–Crippen LogP) is 2.49. The molecule has 0 N–H and O–H groups in total. The summed E-state index contributed by atoms with van der Waals surface area (Å²) in [5.74, 6) is -1.92. The quantitative estimate of drug-likeness (QED) is 0.520. The SMILES string of the molecule is CN(C)c1cc(N2CC3CN(C(=O)c4c(F)cccc4-n4nccn4)CC3C2)nc(C(F)(F)F)n1. The van der Waals surface area contributed by atoms with Crippen LogP contribution in [0.2, 0.25) is 0 Å². The topological polar surface area (TPSA) is 83.3 Å². The molecule has 2 aliphatic heterocycles. The maximum atomic E-state index is 14.7.